The largest absolute Gasteiger partial charge is 0.449 e. The topological polar surface area (TPSA) is 50.2 Å². The van der Waals surface area contributed by atoms with Crippen molar-refractivity contribution in [3.05, 3.63) is 29.6 Å². The first-order valence-corrected chi connectivity index (χ1v) is 8.31. The predicted octanol–water partition coefficient (Wildman–Crippen LogP) is 3.91. The molecule has 2 aromatic rings. The minimum atomic E-state index is -4.54. The smallest absolute Gasteiger partial charge is 0.333 e. The molecule has 1 atom stereocenters. The average Bonchev–Trinajstić information content (AvgIpc) is 2.93. The van der Waals surface area contributed by atoms with Gasteiger partial charge in [-0.1, -0.05) is 0 Å². The molecule has 1 fully saturated rings. The van der Waals surface area contributed by atoms with Gasteiger partial charge in [0.1, 0.15) is 0 Å². The fraction of sp³-hybridized carbons (Fsp3) is 0.529. The molecule has 152 valence electrons. The molecule has 0 aliphatic carbocycles. The summed E-state index contributed by atoms with van der Waals surface area (Å²) in [6, 6.07) is 4.24. The molecule has 10 heteroatoms. The summed E-state index contributed by atoms with van der Waals surface area (Å²) in [4.78, 5) is 18.2. The molecule has 2 heterocycles. The molecule has 5 nitrogen and oxygen atoms in total. The van der Waals surface area contributed by atoms with Gasteiger partial charge in [-0.15, -0.1) is 24.8 Å². The van der Waals surface area contributed by atoms with E-state index in [0.29, 0.717) is 30.7 Å². The van der Waals surface area contributed by atoms with Gasteiger partial charge in [0, 0.05) is 37.3 Å². The number of halogens is 5. The maximum atomic E-state index is 13.3. The van der Waals surface area contributed by atoms with Gasteiger partial charge >= 0.3 is 6.18 Å². The van der Waals surface area contributed by atoms with Crippen LogP contribution in [0.25, 0.3) is 11.0 Å². The van der Waals surface area contributed by atoms with E-state index in [4.69, 9.17) is 0 Å². The van der Waals surface area contributed by atoms with E-state index in [-0.39, 0.29) is 42.3 Å². The summed E-state index contributed by atoms with van der Waals surface area (Å²) in [7, 11) is 0. The Hall–Kier alpha value is -1.51. The lowest BCUT2D eigenvalue weighted by atomic mass is 10.1. The molecule has 1 aliphatic rings. The highest BCUT2D eigenvalue weighted by Gasteiger charge is 2.38. The van der Waals surface area contributed by atoms with Gasteiger partial charge in [-0.05, 0) is 39.0 Å². The fourth-order valence-electron chi connectivity index (χ4n) is 3.26. The quantitative estimate of drug-likeness (QED) is 0.791. The van der Waals surface area contributed by atoms with E-state index < -0.39 is 18.0 Å². The van der Waals surface area contributed by atoms with Gasteiger partial charge < -0.3 is 14.8 Å². The van der Waals surface area contributed by atoms with Crippen LogP contribution in [0.5, 0.6) is 0 Å². The van der Waals surface area contributed by atoms with Gasteiger partial charge in [0.25, 0.3) is 5.91 Å². The van der Waals surface area contributed by atoms with Gasteiger partial charge in [0.05, 0.1) is 11.0 Å². The molecule has 1 aromatic carbocycles. The van der Waals surface area contributed by atoms with Crippen molar-refractivity contribution in [3.63, 3.8) is 0 Å². The van der Waals surface area contributed by atoms with Crippen molar-refractivity contribution >= 4 is 41.8 Å². The number of carbonyl (C=O) groups is 1. The number of nitrogens with one attached hydrogen (secondary N) is 1. The third-order valence-corrected chi connectivity index (χ3v) is 4.47. The monoisotopic (exact) mass is 426 g/mol. The van der Waals surface area contributed by atoms with E-state index in [9.17, 15) is 18.0 Å². The van der Waals surface area contributed by atoms with Crippen molar-refractivity contribution in [2.75, 3.05) is 19.6 Å². The van der Waals surface area contributed by atoms with Crippen LogP contribution >= 0.6 is 24.8 Å². The van der Waals surface area contributed by atoms with Crippen molar-refractivity contribution in [3.8, 4) is 0 Å². The van der Waals surface area contributed by atoms with E-state index in [2.05, 4.69) is 10.3 Å². The van der Waals surface area contributed by atoms with Gasteiger partial charge in [0.2, 0.25) is 5.82 Å². The van der Waals surface area contributed by atoms with Crippen LogP contribution in [-0.4, -0.2) is 46.0 Å². The van der Waals surface area contributed by atoms with Crippen LogP contribution in [0.2, 0.25) is 0 Å². The van der Waals surface area contributed by atoms with Crippen LogP contribution in [0.15, 0.2) is 18.2 Å². The summed E-state index contributed by atoms with van der Waals surface area (Å²) < 4.78 is 41.0. The number of amides is 1. The Morgan fingerprint density at radius 2 is 1.96 bits per heavy atom. The number of fused-ring (bicyclic) bond motifs is 1. The van der Waals surface area contributed by atoms with Crippen molar-refractivity contribution in [1.82, 2.24) is 19.8 Å². The molecule has 1 aromatic heterocycles. The number of hydrogen-bond acceptors (Lipinski definition) is 3. The molecular formula is C17H23Cl2F3N4O. The number of piperazine rings is 1. The highest BCUT2D eigenvalue weighted by molar-refractivity contribution is 5.97. The zero-order valence-electron chi connectivity index (χ0n) is 15.2. The molecule has 1 N–H and O–H groups in total. The van der Waals surface area contributed by atoms with Crippen molar-refractivity contribution in [2.24, 2.45) is 0 Å². The van der Waals surface area contributed by atoms with Crippen LogP contribution in [0.1, 0.15) is 43.0 Å². The van der Waals surface area contributed by atoms with Crippen LogP contribution in [0, 0.1) is 0 Å². The van der Waals surface area contributed by atoms with Crippen LogP contribution in [-0.2, 0) is 6.18 Å². The molecule has 1 saturated heterocycles. The summed E-state index contributed by atoms with van der Waals surface area (Å²) in [5.41, 5.74) is 0.935. The SMILES string of the molecule is CC(C)n1c(C(F)(F)F)nc2cc(C(=O)N3CCNC[C@@H]3C)ccc21.Cl.Cl. The first-order valence-electron chi connectivity index (χ1n) is 8.31. The Labute approximate surface area is 168 Å². The van der Waals surface area contributed by atoms with Crippen molar-refractivity contribution in [2.45, 2.75) is 39.0 Å². The summed E-state index contributed by atoms with van der Waals surface area (Å²) in [6.45, 7) is 7.28. The second-order valence-corrected chi connectivity index (χ2v) is 6.65. The number of imidazole rings is 1. The third-order valence-electron chi connectivity index (χ3n) is 4.47. The normalized spacial score (nSPS) is 17.6. The van der Waals surface area contributed by atoms with Crippen molar-refractivity contribution in [1.29, 1.82) is 0 Å². The first kappa shape index (κ1) is 23.5. The van der Waals surface area contributed by atoms with E-state index in [1.807, 2.05) is 6.92 Å². The van der Waals surface area contributed by atoms with E-state index >= 15 is 0 Å². The number of alkyl halides is 3. The summed E-state index contributed by atoms with van der Waals surface area (Å²) >= 11 is 0. The lowest BCUT2D eigenvalue weighted by molar-refractivity contribution is -0.147. The minimum absolute atomic E-state index is 0. The molecule has 0 spiro atoms. The van der Waals surface area contributed by atoms with Crippen LogP contribution in [0.4, 0.5) is 13.2 Å². The lowest BCUT2D eigenvalue weighted by Gasteiger charge is -2.34. The van der Waals surface area contributed by atoms with E-state index in [1.165, 1.54) is 6.07 Å². The number of hydrogen-bond donors (Lipinski definition) is 1. The Bertz CT molecular complexity index is 807. The number of rotatable bonds is 2. The zero-order valence-corrected chi connectivity index (χ0v) is 16.8. The Morgan fingerprint density at radius 1 is 1.30 bits per heavy atom. The average molecular weight is 427 g/mol. The molecule has 27 heavy (non-hydrogen) atoms. The fourth-order valence-corrected chi connectivity index (χ4v) is 3.26. The zero-order chi connectivity index (χ0) is 18.4. The lowest BCUT2D eigenvalue weighted by Crippen LogP contribution is -2.52. The maximum absolute atomic E-state index is 13.3. The third kappa shape index (κ3) is 4.50. The number of benzene rings is 1. The molecule has 0 bridgehead atoms. The standard InChI is InChI=1S/C17H21F3N4O.2ClH/c1-10(2)24-14-5-4-12(8-13(14)22-16(24)17(18,19)20)15(25)23-7-6-21-9-11(23)3;;/h4-5,8,10-11,21H,6-7,9H2,1-3H3;2*1H/t11-;;/m0../s1. The molecule has 3 rings (SSSR count). The highest BCUT2D eigenvalue weighted by Crippen LogP contribution is 2.34. The Kier molecular flexibility index (Phi) is 7.55. The number of nitrogens with zero attached hydrogens (tertiary/aromatic N) is 3. The van der Waals surface area contributed by atoms with Gasteiger partial charge in [-0.2, -0.15) is 13.2 Å². The van der Waals surface area contributed by atoms with Crippen molar-refractivity contribution < 1.29 is 18.0 Å². The van der Waals surface area contributed by atoms with E-state index in [0.717, 1.165) is 4.57 Å². The molecule has 0 radical (unpaired) electrons. The maximum Gasteiger partial charge on any atom is 0.449 e. The van der Waals surface area contributed by atoms with Gasteiger partial charge in [-0.25, -0.2) is 4.98 Å². The van der Waals surface area contributed by atoms with Crippen LogP contribution in [0.3, 0.4) is 0 Å². The van der Waals surface area contributed by atoms with Crippen LogP contribution < -0.4 is 5.32 Å². The van der Waals surface area contributed by atoms with E-state index in [1.54, 1.807) is 30.9 Å². The van der Waals surface area contributed by atoms with Gasteiger partial charge in [0.15, 0.2) is 0 Å². The minimum Gasteiger partial charge on any atom is -0.333 e. The second-order valence-electron chi connectivity index (χ2n) is 6.65. The number of carbonyl (C=O) groups excluding carboxylic acids is 1. The van der Waals surface area contributed by atoms with Gasteiger partial charge in [-0.3, -0.25) is 4.79 Å². The molecule has 0 unspecified atom stereocenters. The Balaban J connectivity index is 0.00000182. The summed E-state index contributed by atoms with van der Waals surface area (Å²) in [5, 5.41) is 3.21. The highest BCUT2D eigenvalue weighted by atomic mass is 35.5. The summed E-state index contributed by atoms with van der Waals surface area (Å²) in [5.74, 6) is -1.11. The molecule has 1 amide bonds. The Morgan fingerprint density at radius 3 is 2.52 bits per heavy atom. The first-order chi connectivity index (χ1) is 11.7. The number of aromatic nitrogens is 2. The molecular weight excluding hydrogens is 404 g/mol. The molecule has 0 saturated carbocycles. The second kappa shape index (κ2) is 8.67. The summed E-state index contributed by atoms with van der Waals surface area (Å²) in [6.07, 6.45) is -4.54. The molecule has 1 aliphatic heterocycles. The predicted molar refractivity (Wildman–Crippen MR) is 103 cm³/mol.